The SMILES string of the molecule is C.C1=CCCC1.C1=CCCC1.C1=CCN=C1.C1CCCC1.C1CCCC1.CC.CC.CC.CC.CC.CC.CC.CC.CC.CC. The number of hydrogen-bond acceptors (Lipinski definition) is 1. The van der Waals surface area contributed by atoms with Gasteiger partial charge in [0.15, 0.2) is 0 Å². The van der Waals surface area contributed by atoms with E-state index in [-0.39, 0.29) is 7.43 Å². The first kappa shape index (κ1) is 75.3. The van der Waals surface area contributed by atoms with E-state index in [9.17, 15) is 0 Å². The molecular weight excluding hydrogens is 555 g/mol. The Morgan fingerprint density at radius 1 is 0.283 bits per heavy atom. The summed E-state index contributed by atoms with van der Waals surface area (Å²) in [5, 5.41) is 0. The monoisotopic (exact) mass is 660 g/mol. The Balaban J connectivity index is -0.0000000326. The normalized spacial score (nSPS) is 13.0. The van der Waals surface area contributed by atoms with Crippen molar-refractivity contribution in [2.75, 3.05) is 6.54 Å². The molecule has 0 aromatic rings. The predicted molar refractivity (Wildman–Crippen MR) is 235 cm³/mol. The molecule has 1 heteroatoms. The predicted octanol–water partition coefficient (Wildman–Crippen LogP) is 18.9. The van der Waals surface area contributed by atoms with Crippen molar-refractivity contribution in [1.29, 1.82) is 0 Å². The molecule has 0 saturated heterocycles. The van der Waals surface area contributed by atoms with Crippen LogP contribution < -0.4 is 0 Å². The number of aliphatic imine (C=N–C) groups is 1. The van der Waals surface area contributed by atoms with Crippen LogP contribution in [0.2, 0.25) is 0 Å². The van der Waals surface area contributed by atoms with Crippen molar-refractivity contribution >= 4 is 6.21 Å². The molecule has 0 N–H and O–H groups in total. The van der Waals surface area contributed by atoms with Crippen molar-refractivity contribution < 1.29 is 0 Å². The third-order valence-electron chi connectivity index (χ3n) is 4.85. The minimum atomic E-state index is 0. The first-order valence-corrected chi connectivity index (χ1v) is 20.9. The maximum atomic E-state index is 3.85. The summed E-state index contributed by atoms with van der Waals surface area (Å²) in [6.07, 6.45) is 37.8. The molecule has 2 saturated carbocycles. The van der Waals surface area contributed by atoms with Crippen molar-refractivity contribution in [2.24, 2.45) is 4.99 Å². The zero-order chi connectivity index (χ0) is 37.7. The molecule has 1 aliphatic heterocycles. The topological polar surface area (TPSA) is 12.4 Å². The van der Waals surface area contributed by atoms with E-state index >= 15 is 0 Å². The van der Waals surface area contributed by atoms with Crippen LogP contribution in [0.4, 0.5) is 0 Å². The van der Waals surface area contributed by atoms with Gasteiger partial charge in [-0.2, -0.15) is 0 Å². The molecule has 46 heavy (non-hydrogen) atoms. The van der Waals surface area contributed by atoms with Gasteiger partial charge in [-0.3, -0.25) is 4.99 Å². The van der Waals surface area contributed by atoms with Gasteiger partial charge in [-0.1, -0.05) is 240 Å². The van der Waals surface area contributed by atoms with Gasteiger partial charge in [0, 0.05) is 6.21 Å². The Bertz CT molecular complexity index is 305. The standard InChI is InChI=1S/2C5H10.2C5H8.C4H5N.10C2H6.CH4/c5*1-2-4-5-3-1;10*1-2;/h2*1-5H2;2*1-2H,3-5H2;1-3H,4H2;10*1-2H3;1H4. The Kier molecular flexibility index (Phi) is 232. The summed E-state index contributed by atoms with van der Waals surface area (Å²) in [6, 6.07) is 0. The van der Waals surface area contributed by atoms with E-state index in [4.69, 9.17) is 0 Å². The van der Waals surface area contributed by atoms with Crippen LogP contribution in [0.1, 0.15) is 249 Å². The van der Waals surface area contributed by atoms with E-state index in [0.717, 1.165) is 6.54 Å². The first-order valence-electron chi connectivity index (χ1n) is 20.9. The number of rotatable bonds is 0. The first-order chi connectivity index (χ1) is 22.5. The number of nitrogens with zero attached hydrogens (tertiary/aromatic N) is 1. The van der Waals surface area contributed by atoms with Gasteiger partial charge in [-0.25, -0.2) is 0 Å². The van der Waals surface area contributed by atoms with Gasteiger partial charge < -0.3 is 0 Å². The molecule has 0 aromatic carbocycles. The van der Waals surface area contributed by atoms with Gasteiger partial charge in [0.25, 0.3) is 0 Å². The van der Waals surface area contributed by atoms with Gasteiger partial charge in [-0.05, 0) is 44.6 Å². The molecule has 5 aliphatic rings. The maximum absolute atomic E-state index is 3.85. The lowest BCUT2D eigenvalue weighted by molar-refractivity contribution is 0.886. The van der Waals surface area contributed by atoms with Gasteiger partial charge in [-0.15, -0.1) is 0 Å². The molecule has 0 bridgehead atoms. The minimum Gasteiger partial charge on any atom is -0.289 e. The van der Waals surface area contributed by atoms with Crippen LogP contribution in [-0.2, 0) is 0 Å². The summed E-state index contributed by atoms with van der Waals surface area (Å²) in [5.74, 6) is 0. The van der Waals surface area contributed by atoms with Crippen LogP contribution in [0.5, 0.6) is 0 Å². The zero-order valence-corrected chi connectivity index (χ0v) is 36.5. The molecule has 1 heterocycles. The molecular formula is C45H105N. The Labute approximate surface area is 302 Å². The van der Waals surface area contributed by atoms with Crippen LogP contribution in [-0.4, -0.2) is 12.8 Å². The summed E-state index contributed by atoms with van der Waals surface area (Å²) in [5.41, 5.74) is 0. The Hall–Kier alpha value is -1.11. The van der Waals surface area contributed by atoms with Gasteiger partial charge in [0.05, 0.1) is 6.54 Å². The highest BCUT2D eigenvalue weighted by molar-refractivity contribution is 5.73. The summed E-state index contributed by atoms with van der Waals surface area (Å²) in [4.78, 5) is 3.85. The molecule has 2 fully saturated rings. The molecule has 5 rings (SSSR count). The van der Waals surface area contributed by atoms with E-state index in [1.807, 2.05) is 151 Å². The lowest BCUT2D eigenvalue weighted by Crippen LogP contribution is -1.54. The maximum Gasteiger partial charge on any atom is 0.0573 e. The lowest BCUT2D eigenvalue weighted by Gasteiger charge is -1.69. The van der Waals surface area contributed by atoms with Crippen molar-refractivity contribution in [3.63, 3.8) is 0 Å². The van der Waals surface area contributed by atoms with Crippen molar-refractivity contribution in [1.82, 2.24) is 0 Å². The van der Waals surface area contributed by atoms with E-state index in [1.165, 1.54) is 103 Å². The van der Waals surface area contributed by atoms with Crippen LogP contribution in [0.3, 0.4) is 0 Å². The van der Waals surface area contributed by atoms with Crippen LogP contribution in [0.15, 0.2) is 41.4 Å². The number of allylic oxidation sites excluding steroid dienone is 5. The van der Waals surface area contributed by atoms with Crippen LogP contribution >= 0.6 is 0 Å². The van der Waals surface area contributed by atoms with E-state index < -0.39 is 0 Å². The van der Waals surface area contributed by atoms with Gasteiger partial charge in [0.2, 0.25) is 0 Å². The summed E-state index contributed by atoms with van der Waals surface area (Å²) in [7, 11) is 0. The average Bonchev–Trinajstić information content (AvgIpc) is 4.04. The molecule has 0 amide bonds. The fourth-order valence-corrected chi connectivity index (χ4v) is 3.25. The fraction of sp³-hybridized carbons (Fsp3) is 0.844. The van der Waals surface area contributed by atoms with Gasteiger partial charge in [0.1, 0.15) is 0 Å². The highest BCUT2D eigenvalue weighted by atomic mass is 14.7. The summed E-state index contributed by atoms with van der Waals surface area (Å²) < 4.78 is 0. The van der Waals surface area contributed by atoms with E-state index in [0.29, 0.717) is 0 Å². The zero-order valence-electron chi connectivity index (χ0n) is 36.5. The summed E-state index contributed by atoms with van der Waals surface area (Å²) >= 11 is 0. The molecule has 0 radical (unpaired) electrons. The van der Waals surface area contributed by atoms with Gasteiger partial charge >= 0.3 is 0 Å². The summed E-state index contributed by atoms with van der Waals surface area (Å²) in [6.45, 7) is 40.9. The Morgan fingerprint density at radius 2 is 0.478 bits per heavy atom. The second-order valence-electron chi connectivity index (χ2n) is 7.28. The molecule has 1 nitrogen and oxygen atoms in total. The third-order valence-corrected chi connectivity index (χ3v) is 4.85. The molecule has 0 unspecified atom stereocenters. The Morgan fingerprint density at radius 3 is 0.543 bits per heavy atom. The fourth-order valence-electron chi connectivity index (χ4n) is 3.25. The largest absolute Gasteiger partial charge is 0.289 e. The van der Waals surface area contributed by atoms with E-state index in [2.05, 4.69) is 29.3 Å². The second kappa shape index (κ2) is 141. The van der Waals surface area contributed by atoms with Crippen LogP contribution in [0.25, 0.3) is 0 Å². The second-order valence-corrected chi connectivity index (χ2v) is 7.28. The van der Waals surface area contributed by atoms with Crippen molar-refractivity contribution in [2.45, 2.75) is 249 Å². The molecule has 0 atom stereocenters. The van der Waals surface area contributed by atoms with Crippen molar-refractivity contribution in [3.05, 3.63) is 36.5 Å². The third kappa shape index (κ3) is 132. The highest BCUT2D eigenvalue weighted by Gasteiger charge is 1.96. The molecule has 4 aliphatic carbocycles. The number of hydrogen-bond donors (Lipinski definition) is 0. The van der Waals surface area contributed by atoms with Crippen LogP contribution in [0, 0.1) is 0 Å². The quantitative estimate of drug-likeness (QED) is 0.229. The molecule has 0 aromatic heterocycles. The van der Waals surface area contributed by atoms with Crippen molar-refractivity contribution in [3.8, 4) is 0 Å². The molecule has 0 spiro atoms. The minimum absolute atomic E-state index is 0. The smallest absolute Gasteiger partial charge is 0.0573 e. The van der Waals surface area contributed by atoms with E-state index in [1.54, 1.807) is 6.21 Å². The lowest BCUT2D eigenvalue weighted by atomic mass is 10.4. The average molecular weight is 660 g/mol. The highest BCUT2D eigenvalue weighted by Crippen LogP contribution is 2.15. The molecule has 290 valence electrons.